The summed E-state index contributed by atoms with van der Waals surface area (Å²) in [6, 6.07) is 0.491. The van der Waals surface area contributed by atoms with Crippen LogP contribution in [0.3, 0.4) is 0 Å². The molecule has 19 heavy (non-hydrogen) atoms. The normalized spacial score (nSPS) is 40.9. The van der Waals surface area contributed by atoms with Crippen LogP contribution in [0.1, 0.15) is 79.1 Å². The molecule has 2 aliphatic carbocycles. The third-order valence-corrected chi connectivity index (χ3v) is 6.54. The molecule has 2 atom stereocenters. The Hall–Kier alpha value is -0.0400. The first-order valence-corrected chi connectivity index (χ1v) is 8.71. The van der Waals surface area contributed by atoms with Gasteiger partial charge >= 0.3 is 0 Å². The van der Waals surface area contributed by atoms with Crippen molar-refractivity contribution >= 4 is 0 Å². The van der Waals surface area contributed by atoms with Crippen molar-refractivity contribution in [3.05, 3.63) is 0 Å². The minimum atomic E-state index is 0.491. The molecule has 0 aromatic carbocycles. The van der Waals surface area contributed by atoms with Gasteiger partial charge in [-0.1, -0.05) is 40.5 Å². The predicted octanol–water partition coefficient (Wildman–Crippen LogP) is 4.99. The summed E-state index contributed by atoms with van der Waals surface area (Å²) in [7, 11) is 0. The molecule has 0 amide bonds. The van der Waals surface area contributed by atoms with Gasteiger partial charge in [0, 0.05) is 6.04 Å². The van der Waals surface area contributed by atoms with Crippen molar-refractivity contribution in [3.8, 4) is 0 Å². The van der Waals surface area contributed by atoms with Crippen molar-refractivity contribution in [2.45, 2.75) is 85.1 Å². The van der Waals surface area contributed by atoms with Gasteiger partial charge in [0.05, 0.1) is 0 Å². The molecule has 0 aliphatic heterocycles. The Kier molecular flexibility index (Phi) is 4.98. The largest absolute Gasteiger partial charge is 0.328 e. The van der Waals surface area contributed by atoms with Crippen LogP contribution in [0.25, 0.3) is 0 Å². The molecule has 2 unspecified atom stereocenters. The van der Waals surface area contributed by atoms with Crippen molar-refractivity contribution in [1.82, 2.24) is 0 Å². The zero-order valence-electron chi connectivity index (χ0n) is 13.6. The summed E-state index contributed by atoms with van der Waals surface area (Å²) in [4.78, 5) is 0. The minimum absolute atomic E-state index is 0.491. The van der Waals surface area contributed by atoms with Gasteiger partial charge in [0.15, 0.2) is 0 Å². The average molecular weight is 265 g/mol. The maximum Gasteiger partial charge on any atom is 0.00390 e. The van der Waals surface area contributed by atoms with Gasteiger partial charge in [-0.3, -0.25) is 0 Å². The van der Waals surface area contributed by atoms with E-state index in [0.29, 0.717) is 11.5 Å². The van der Waals surface area contributed by atoms with Crippen LogP contribution in [0.15, 0.2) is 0 Å². The van der Waals surface area contributed by atoms with Crippen molar-refractivity contribution < 1.29 is 0 Å². The Morgan fingerprint density at radius 2 is 1.58 bits per heavy atom. The Bertz CT molecular complexity index is 275. The standard InChI is InChI=1S/C18H35N/c1-13(2)15-6-5-11-18(12-15,14(3)4)16-7-9-17(19)10-8-16/h13-17H,5-12,19H2,1-4H3. The van der Waals surface area contributed by atoms with Gasteiger partial charge in [0.1, 0.15) is 0 Å². The second-order valence-corrected chi connectivity index (χ2v) is 8.10. The highest BCUT2D eigenvalue weighted by Gasteiger charge is 2.45. The van der Waals surface area contributed by atoms with Crippen molar-refractivity contribution in [1.29, 1.82) is 0 Å². The number of hydrogen-bond donors (Lipinski definition) is 1. The highest BCUT2D eigenvalue weighted by molar-refractivity contribution is 4.96. The molecule has 0 aromatic heterocycles. The van der Waals surface area contributed by atoms with Gasteiger partial charge in [-0.15, -0.1) is 0 Å². The van der Waals surface area contributed by atoms with Crippen LogP contribution in [0.5, 0.6) is 0 Å². The summed E-state index contributed by atoms with van der Waals surface area (Å²) >= 11 is 0. The monoisotopic (exact) mass is 265 g/mol. The maximum absolute atomic E-state index is 6.12. The van der Waals surface area contributed by atoms with Gasteiger partial charge in [-0.05, 0) is 67.6 Å². The van der Waals surface area contributed by atoms with Gasteiger partial charge in [0.25, 0.3) is 0 Å². The lowest BCUT2D eigenvalue weighted by Crippen LogP contribution is -2.44. The highest BCUT2D eigenvalue weighted by Crippen LogP contribution is 2.55. The summed E-state index contributed by atoms with van der Waals surface area (Å²) in [6.07, 6.45) is 11.2. The van der Waals surface area contributed by atoms with Crippen LogP contribution in [0.2, 0.25) is 0 Å². The fourth-order valence-corrected chi connectivity index (χ4v) is 5.02. The molecule has 1 heteroatoms. The Morgan fingerprint density at radius 3 is 2.11 bits per heavy atom. The zero-order valence-corrected chi connectivity index (χ0v) is 13.6. The van der Waals surface area contributed by atoms with Crippen LogP contribution < -0.4 is 5.73 Å². The molecule has 0 aromatic rings. The predicted molar refractivity (Wildman–Crippen MR) is 84.0 cm³/mol. The molecule has 1 nitrogen and oxygen atoms in total. The molecular weight excluding hydrogens is 230 g/mol. The Balaban J connectivity index is 2.13. The molecule has 0 radical (unpaired) electrons. The van der Waals surface area contributed by atoms with E-state index in [1.54, 1.807) is 0 Å². The second kappa shape index (κ2) is 6.16. The molecule has 2 saturated carbocycles. The molecule has 0 spiro atoms. The van der Waals surface area contributed by atoms with Gasteiger partial charge in [-0.25, -0.2) is 0 Å². The minimum Gasteiger partial charge on any atom is -0.328 e. The second-order valence-electron chi connectivity index (χ2n) is 8.10. The summed E-state index contributed by atoms with van der Waals surface area (Å²) in [5.41, 5.74) is 6.75. The molecule has 0 saturated heterocycles. The lowest BCUT2D eigenvalue weighted by molar-refractivity contribution is -0.0149. The van der Waals surface area contributed by atoms with E-state index in [0.717, 1.165) is 23.7 Å². The van der Waals surface area contributed by atoms with E-state index in [1.807, 2.05) is 0 Å². The Morgan fingerprint density at radius 1 is 0.947 bits per heavy atom. The van der Waals surface area contributed by atoms with E-state index < -0.39 is 0 Å². The quantitative estimate of drug-likeness (QED) is 0.764. The summed E-state index contributed by atoms with van der Waals surface area (Å²) in [6.45, 7) is 9.82. The first kappa shape index (κ1) is 15.4. The SMILES string of the molecule is CC(C)C1CCCC(C(C)C)(C2CCC(N)CC2)C1. The van der Waals surface area contributed by atoms with E-state index in [9.17, 15) is 0 Å². The van der Waals surface area contributed by atoms with E-state index in [1.165, 1.54) is 51.4 Å². The summed E-state index contributed by atoms with van der Waals surface area (Å²) < 4.78 is 0. The van der Waals surface area contributed by atoms with Crippen LogP contribution in [-0.4, -0.2) is 6.04 Å². The van der Waals surface area contributed by atoms with Crippen LogP contribution in [0.4, 0.5) is 0 Å². The van der Waals surface area contributed by atoms with Gasteiger partial charge in [-0.2, -0.15) is 0 Å². The molecule has 0 heterocycles. The van der Waals surface area contributed by atoms with Crippen molar-refractivity contribution in [3.63, 3.8) is 0 Å². The van der Waals surface area contributed by atoms with E-state index >= 15 is 0 Å². The molecule has 2 fully saturated rings. The van der Waals surface area contributed by atoms with E-state index in [2.05, 4.69) is 27.7 Å². The lowest BCUT2D eigenvalue weighted by atomic mass is 9.53. The van der Waals surface area contributed by atoms with Crippen LogP contribution in [-0.2, 0) is 0 Å². The molecule has 2 aliphatic rings. The summed E-state index contributed by atoms with van der Waals surface area (Å²) in [5.74, 6) is 3.62. The maximum atomic E-state index is 6.12. The number of rotatable bonds is 3. The third-order valence-electron chi connectivity index (χ3n) is 6.54. The third kappa shape index (κ3) is 3.17. The topological polar surface area (TPSA) is 26.0 Å². The molecule has 112 valence electrons. The van der Waals surface area contributed by atoms with Crippen molar-refractivity contribution in [2.75, 3.05) is 0 Å². The Labute approximate surface area is 120 Å². The number of hydrogen-bond acceptors (Lipinski definition) is 1. The molecular formula is C18H35N. The highest BCUT2D eigenvalue weighted by atomic mass is 14.6. The fraction of sp³-hybridized carbons (Fsp3) is 1.00. The number of nitrogens with two attached hydrogens (primary N) is 1. The molecule has 2 N–H and O–H groups in total. The van der Waals surface area contributed by atoms with Gasteiger partial charge < -0.3 is 5.73 Å². The van der Waals surface area contributed by atoms with Gasteiger partial charge in [0.2, 0.25) is 0 Å². The fourth-order valence-electron chi connectivity index (χ4n) is 5.02. The molecule has 0 bridgehead atoms. The smallest absolute Gasteiger partial charge is 0.00390 e. The van der Waals surface area contributed by atoms with E-state index in [4.69, 9.17) is 5.73 Å². The zero-order chi connectivity index (χ0) is 14.0. The lowest BCUT2D eigenvalue weighted by Gasteiger charge is -2.52. The first-order valence-electron chi connectivity index (χ1n) is 8.71. The average Bonchev–Trinajstić information content (AvgIpc) is 2.39. The first-order chi connectivity index (χ1) is 8.95. The molecule has 2 rings (SSSR count). The summed E-state index contributed by atoms with van der Waals surface area (Å²) in [5, 5.41) is 0. The van der Waals surface area contributed by atoms with Crippen molar-refractivity contribution in [2.24, 2.45) is 34.8 Å². The van der Waals surface area contributed by atoms with Crippen LogP contribution >= 0.6 is 0 Å². The van der Waals surface area contributed by atoms with E-state index in [-0.39, 0.29) is 0 Å². The van der Waals surface area contributed by atoms with Crippen LogP contribution in [0, 0.1) is 29.1 Å².